The summed E-state index contributed by atoms with van der Waals surface area (Å²) in [5.74, 6) is 0.591. The fraction of sp³-hybridized carbons (Fsp3) is 0.600. The van der Waals surface area contributed by atoms with E-state index in [-0.39, 0.29) is 0 Å². The van der Waals surface area contributed by atoms with Gasteiger partial charge in [-0.1, -0.05) is 13.8 Å². The Morgan fingerprint density at radius 1 is 1.00 bits per heavy atom. The SMILES string of the molecule is Cc1c(C(C)C)cnn1C.Cc1cnn(C(C)C)c1. The number of aryl methyl sites for hydroxylation is 2. The minimum atomic E-state index is 0.485. The van der Waals surface area contributed by atoms with Crippen molar-refractivity contribution in [1.82, 2.24) is 19.6 Å². The van der Waals surface area contributed by atoms with Crippen molar-refractivity contribution in [2.45, 2.75) is 53.5 Å². The van der Waals surface area contributed by atoms with Crippen LogP contribution in [-0.4, -0.2) is 19.6 Å². The van der Waals surface area contributed by atoms with Gasteiger partial charge in [0.15, 0.2) is 0 Å². The fourth-order valence-electron chi connectivity index (χ4n) is 1.80. The maximum absolute atomic E-state index is 4.15. The molecule has 2 aromatic rings. The van der Waals surface area contributed by atoms with E-state index in [1.54, 1.807) is 0 Å². The molecule has 0 saturated carbocycles. The number of aromatic nitrogens is 4. The molecule has 4 nitrogen and oxygen atoms in total. The van der Waals surface area contributed by atoms with Gasteiger partial charge in [-0.3, -0.25) is 9.36 Å². The van der Waals surface area contributed by atoms with Crippen LogP contribution in [0.2, 0.25) is 0 Å². The molecular formula is C15H26N4. The Morgan fingerprint density at radius 3 is 1.84 bits per heavy atom. The first kappa shape index (κ1) is 15.5. The topological polar surface area (TPSA) is 35.6 Å². The van der Waals surface area contributed by atoms with Crippen LogP contribution in [0.5, 0.6) is 0 Å². The molecule has 0 aliphatic rings. The highest BCUT2D eigenvalue weighted by Gasteiger charge is 2.05. The molecule has 0 amide bonds. The Morgan fingerprint density at radius 2 is 1.63 bits per heavy atom. The number of rotatable bonds is 2. The predicted octanol–water partition coefficient (Wildman–Crippen LogP) is 3.62. The van der Waals surface area contributed by atoms with Crippen LogP contribution in [-0.2, 0) is 7.05 Å². The number of hydrogen-bond acceptors (Lipinski definition) is 2. The van der Waals surface area contributed by atoms with Gasteiger partial charge in [-0.25, -0.2) is 0 Å². The summed E-state index contributed by atoms with van der Waals surface area (Å²) in [5.41, 5.74) is 3.85. The molecule has 0 N–H and O–H groups in total. The molecular weight excluding hydrogens is 236 g/mol. The van der Waals surface area contributed by atoms with E-state index in [4.69, 9.17) is 0 Å². The van der Waals surface area contributed by atoms with Crippen LogP contribution in [0.15, 0.2) is 18.6 Å². The summed E-state index contributed by atoms with van der Waals surface area (Å²) >= 11 is 0. The van der Waals surface area contributed by atoms with Crippen molar-refractivity contribution in [2.75, 3.05) is 0 Å². The summed E-state index contributed by atoms with van der Waals surface area (Å²) < 4.78 is 3.87. The van der Waals surface area contributed by atoms with E-state index >= 15 is 0 Å². The summed E-state index contributed by atoms with van der Waals surface area (Å²) in [4.78, 5) is 0. The van der Waals surface area contributed by atoms with Gasteiger partial charge in [0.05, 0.1) is 12.4 Å². The zero-order valence-electron chi connectivity index (χ0n) is 13.2. The molecule has 0 bridgehead atoms. The second kappa shape index (κ2) is 6.55. The van der Waals surface area contributed by atoms with Gasteiger partial charge in [-0.2, -0.15) is 10.2 Å². The van der Waals surface area contributed by atoms with Crippen molar-refractivity contribution >= 4 is 0 Å². The molecule has 0 atom stereocenters. The molecule has 0 radical (unpaired) electrons. The lowest BCUT2D eigenvalue weighted by Gasteiger charge is -2.02. The van der Waals surface area contributed by atoms with Crippen LogP contribution >= 0.6 is 0 Å². The van der Waals surface area contributed by atoms with E-state index in [1.807, 2.05) is 41.9 Å². The smallest absolute Gasteiger partial charge is 0.0527 e. The molecule has 106 valence electrons. The summed E-state index contributed by atoms with van der Waals surface area (Å²) in [5, 5.41) is 8.29. The minimum Gasteiger partial charge on any atom is -0.273 e. The maximum atomic E-state index is 4.15. The molecule has 0 aliphatic carbocycles. The number of nitrogens with zero attached hydrogens (tertiary/aromatic N) is 4. The molecule has 0 saturated heterocycles. The van der Waals surface area contributed by atoms with E-state index in [9.17, 15) is 0 Å². The average Bonchev–Trinajstić information content (AvgIpc) is 2.88. The zero-order valence-corrected chi connectivity index (χ0v) is 13.2. The van der Waals surface area contributed by atoms with Gasteiger partial charge in [0.2, 0.25) is 0 Å². The van der Waals surface area contributed by atoms with E-state index < -0.39 is 0 Å². The normalized spacial score (nSPS) is 10.8. The lowest BCUT2D eigenvalue weighted by Crippen LogP contribution is -1.99. The molecule has 19 heavy (non-hydrogen) atoms. The zero-order chi connectivity index (χ0) is 14.6. The van der Waals surface area contributed by atoms with Crippen molar-refractivity contribution in [2.24, 2.45) is 7.05 Å². The first-order valence-corrected chi connectivity index (χ1v) is 6.82. The monoisotopic (exact) mass is 262 g/mol. The van der Waals surface area contributed by atoms with Crippen molar-refractivity contribution < 1.29 is 0 Å². The maximum Gasteiger partial charge on any atom is 0.0527 e. The van der Waals surface area contributed by atoms with Crippen molar-refractivity contribution in [3.8, 4) is 0 Å². The Kier molecular flexibility index (Phi) is 5.33. The van der Waals surface area contributed by atoms with Gasteiger partial charge in [0, 0.05) is 25.0 Å². The van der Waals surface area contributed by atoms with Crippen LogP contribution in [0.3, 0.4) is 0 Å². The second-order valence-electron chi connectivity index (χ2n) is 5.56. The largest absolute Gasteiger partial charge is 0.273 e. The summed E-state index contributed by atoms with van der Waals surface area (Å²) in [6.45, 7) is 12.8. The van der Waals surface area contributed by atoms with Gasteiger partial charge < -0.3 is 0 Å². The van der Waals surface area contributed by atoms with Gasteiger partial charge in [0.1, 0.15) is 0 Å². The standard InChI is InChI=1S/C8H14N2.C7H12N2/c1-6(2)8-5-9-10(4)7(8)3;1-6(2)9-5-7(3)4-8-9/h5-6H,1-4H3;4-6H,1-3H3. The summed E-state index contributed by atoms with van der Waals surface area (Å²) in [7, 11) is 1.97. The van der Waals surface area contributed by atoms with E-state index in [0.717, 1.165) is 0 Å². The van der Waals surface area contributed by atoms with E-state index in [1.165, 1.54) is 16.8 Å². The minimum absolute atomic E-state index is 0.485. The van der Waals surface area contributed by atoms with E-state index in [0.29, 0.717) is 12.0 Å². The fourth-order valence-corrected chi connectivity index (χ4v) is 1.80. The van der Waals surface area contributed by atoms with Crippen LogP contribution in [0.4, 0.5) is 0 Å². The Bertz CT molecular complexity index is 506. The quantitative estimate of drug-likeness (QED) is 0.828. The van der Waals surface area contributed by atoms with Crippen molar-refractivity contribution in [3.63, 3.8) is 0 Å². The second-order valence-corrected chi connectivity index (χ2v) is 5.56. The first-order valence-electron chi connectivity index (χ1n) is 6.82. The van der Waals surface area contributed by atoms with Crippen LogP contribution in [0.25, 0.3) is 0 Å². The van der Waals surface area contributed by atoms with Gasteiger partial charge in [0.25, 0.3) is 0 Å². The Balaban J connectivity index is 0.000000191. The van der Waals surface area contributed by atoms with Crippen molar-refractivity contribution in [1.29, 1.82) is 0 Å². The summed E-state index contributed by atoms with van der Waals surface area (Å²) in [6, 6.07) is 0.485. The van der Waals surface area contributed by atoms with E-state index in [2.05, 4.69) is 44.8 Å². The lowest BCUT2D eigenvalue weighted by molar-refractivity contribution is 0.532. The third-order valence-corrected chi connectivity index (χ3v) is 3.15. The molecule has 2 heterocycles. The van der Waals surface area contributed by atoms with Crippen molar-refractivity contribution in [3.05, 3.63) is 35.4 Å². The average molecular weight is 262 g/mol. The summed E-state index contributed by atoms with van der Waals surface area (Å²) in [6.07, 6.45) is 5.87. The highest BCUT2D eigenvalue weighted by molar-refractivity contribution is 5.19. The van der Waals surface area contributed by atoms with Gasteiger partial charge in [-0.05, 0) is 44.7 Å². The Labute approximate surface area is 116 Å². The van der Waals surface area contributed by atoms with Crippen LogP contribution in [0.1, 0.15) is 56.5 Å². The third kappa shape index (κ3) is 4.23. The molecule has 0 fully saturated rings. The number of hydrogen-bond donors (Lipinski definition) is 0. The highest BCUT2D eigenvalue weighted by atomic mass is 15.3. The molecule has 4 heteroatoms. The molecule has 2 rings (SSSR count). The van der Waals surface area contributed by atoms with Crippen LogP contribution in [0, 0.1) is 13.8 Å². The molecule has 0 aromatic carbocycles. The first-order chi connectivity index (χ1) is 8.82. The Hall–Kier alpha value is -1.58. The van der Waals surface area contributed by atoms with Gasteiger partial charge in [-0.15, -0.1) is 0 Å². The van der Waals surface area contributed by atoms with Gasteiger partial charge >= 0.3 is 0 Å². The molecule has 0 unspecified atom stereocenters. The van der Waals surface area contributed by atoms with Crippen LogP contribution < -0.4 is 0 Å². The molecule has 0 spiro atoms. The third-order valence-electron chi connectivity index (χ3n) is 3.15. The lowest BCUT2D eigenvalue weighted by atomic mass is 10.1. The molecule has 0 aliphatic heterocycles. The predicted molar refractivity (Wildman–Crippen MR) is 79.4 cm³/mol. The highest BCUT2D eigenvalue weighted by Crippen LogP contribution is 2.16. The molecule has 2 aromatic heterocycles.